The first-order chi connectivity index (χ1) is 9.31. The van der Waals surface area contributed by atoms with Crippen LogP contribution in [0.3, 0.4) is 0 Å². The third-order valence-corrected chi connectivity index (χ3v) is 3.42. The van der Waals surface area contributed by atoms with Gasteiger partial charge in [0.25, 0.3) is 0 Å². The highest BCUT2D eigenvalue weighted by atomic mass is 16.5. The summed E-state index contributed by atoms with van der Waals surface area (Å²) in [4.78, 5) is 0. The predicted octanol–water partition coefficient (Wildman–Crippen LogP) is 2.25. The smallest absolute Gasteiger partial charge is 0.123 e. The third-order valence-electron chi connectivity index (χ3n) is 3.42. The number of nitrogens with one attached hydrogen (secondary N) is 1. The Kier molecular flexibility index (Phi) is 3.46. The Morgan fingerprint density at radius 1 is 1.32 bits per heavy atom. The molecule has 1 aliphatic rings. The summed E-state index contributed by atoms with van der Waals surface area (Å²) in [7, 11) is 0. The van der Waals surface area contributed by atoms with Gasteiger partial charge in [-0.15, -0.1) is 10.2 Å². The molecule has 1 fully saturated rings. The summed E-state index contributed by atoms with van der Waals surface area (Å²) < 4.78 is 7.47. The van der Waals surface area contributed by atoms with Gasteiger partial charge in [0.2, 0.25) is 0 Å². The Morgan fingerprint density at radius 3 is 2.95 bits per heavy atom. The molecule has 1 N–H and O–H groups in total. The van der Waals surface area contributed by atoms with Crippen LogP contribution in [0, 0.1) is 0 Å². The third kappa shape index (κ3) is 2.93. The minimum absolute atomic E-state index is 0.340. The Bertz CT molecular complexity index is 526. The zero-order valence-electron chi connectivity index (χ0n) is 11.0. The van der Waals surface area contributed by atoms with Crippen molar-refractivity contribution in [2.24, 2.45) is 0 Å². The summed E-state index contributed by atoms with van der Waals surface area (Å²) >= 11 is 0. The SMILES string of the molecule is CC1CC(Nc2cccc(-n3cnnc3)c2)CCO1. The number of ether oxygens (including phenoxy) is 1. The van der Waals surface area contributed by atoms with Crippen molar-refractivity contribution >= 4 is 5.69 Å². The molecule has 2 heterocycles. The van der Waals surface area contributed by atoms with E-state index in [2.05, 4.69) is 34.6 Å². The van der Waals surface area contributed by atoms with Gasteiger partial charge in [-0.25, -0.2) is 0 Å². The van der Waals surface area contributed by atoms with Crippen LogP contribution in [0.25, 0.3) is 5.69 Å². The van der Waals surface area contributed by atoms with Gasteiger partial charge in [-0.1, -0.05) is 6.07 Å². The summed E-state index contributed by atoms with van der Waals surface area (Å²) in [5.74, 6) is 0. The summed E-state index contributed by atoms with van der Waals surface area (Å²) in [5, 5.41) is 11.2. The molecule has 0 spiro atoms. The van der Waals surface area contributed by atoms with Gasteiger partial charge in [0.15, 0.2) is 0 Å². The van der Waals surface area contributed by atoms with Crippen molar-refractivity contribution in [3.63, 3.8) is 0 Å². The second-order valence-electron chi connectivity index (χ2n) is 4.97. The maximum absolute atomic E-state index is 5.57. The molecule has 0 bridgehead atoms. The lowest BCUT2D eigenvalue weighted by molar-refractivity contribution is 0.0232. The van der Waals surface area contributed by atoms with Crippen molar-refractivity contribution in [3.05, 3.63) is 36.9 Å². The second kappa shape index (κ2) is 5.40. The molecule has 19 heavy (non-hydrogen) atoms. The van der Waals surface area contributed by atoms with Crippen LogP contribution in [0.4, 0.5) is 5.69 Å². The van der Waals surface area contributed by atoms with E-state index >= 15 is 0 Å². The molecule has 2 aromatic rings. The molecule has 1 aromatic heterocycles. The van der Waals surface area contributed by atoms with Crippen LogP contribution in [0.5, 0.6) is 0 Å². The minimum Gasteiger partial charge on any atom is -0.382 e. The lowest BCUT2D eigenvalue weighted by atomic mass is 10.0. The number of anilines is 1. The molecule has 0 aliphatic carbocycles. The normalized spacial score (nSPS) is 23.2. The maximum atomic E-state index is 5.57. The van der Waals surface area contributed by atoms with E-state index in [0.717, 1.165) is 30.8 Å². The summed E-state index contributed by atoms with van der Waals surface area (Å²) in [6.45, 7) is 2.96. The van der Waals surface area contributed by atoms with Crippen LogP contribution in [0.15, 0.2) is 36.9 Å². The van der Waals surface area contributed by atoms with Crippen LogP contribution in [-0.2, 0) is 4.74 Å². The highest BCUT2D eigenvalue weighted by molar-refractivity contribution is 5.51. The molecule has 1 aliphatic heterocycles. The van der Waals surface area contributed by atoms with E-state index in [1.54, 1.807) is 12.7 Å². The van der Waals surface area contributed by atoms with Gasteiger partial charge >= 0.3 is 0 Å². The molecule has 1 saturated heterocycles. The van der Waals surface area contributed by atoms with Crippen LogP contribution in [0.2, 0.25) is 0 Å². The highest BCUT2D eigenvalue weighted by Gasteiger charge is 2.18. The Morgan fingerprint density at radius 2 is 2.16 bits per heavy atom. The number of hydrogen-bond donors (Lipinski definition) is 1. The summed E-state index contributed by atoms with van der Waals surface area (Å²) in [6, 6.07) is 8.78. The molecule has 0 amide bonds. The van der Waals surface area contributed by atoms with E-state index in [0.29, 0.717) is 12.1 Å². The monoisotopic (exact) mass is 258 g/mol. The molecule has 2 unspecified atom stereocenters. The van der Waals surface area contributed by atoms with E-state index in [-0.39, 0.29) is 0 Å². The fourth-order valence-electron chi connectivity index (χ4n) is 2.46. The first kappa shape index (κ1) is 12.2. The van der Waals surface area contributed by atoms with Gasteiger partial charge < -0.3 is 10.1 Å². The van der Waals surface area contributed by atoms with E-state index in [1.165, 1.54) is 0 Å². The van der Waals surface area contributed by atoms with Crippen LogP contribution in [0.1, 0.15) is 19.8 Å². The molecular weight excluding hydrogens is 240 g/mol. The second-order valence-corrected chi connectivity index (χ2v) is 4.97. The standard InChI is InChI=1S/C14H18N4O/c1-11-7-13(5-6-19-11)17-12-3-2-4-14(8-12)18-9-15-16-10-18/h2-4,8-11,13,17H,5-7H2,1H3. The van der Waals surface area contributed by atoms with Gasteiger partial charge in [-0.3, -0.25) is 4.57 Å². The van der Waals surface area contributed by atoms with Gasteiger partial charge in [-0.05, 0) is 38.0 Å². The van der Waals surface area contributed by atoms with Crippen molar-refractivity contribution in [1.82, 2.24) is 14.8 Å². The first-order valence-electron chi connectivity index (χ1n) is 6.64. The summed E-state index contributed by atoms with van der Waals surface area (Å²) in [6.07, 6.45) is 5.86. The molecular formula is C14H18N4O. The molecule has 100 valence electrons. The quantitative estimate of drug-likeness (QED) is 0.917. The van der Waals surface area contributed by atoms with Crippen LogP contribution in [-0.4, -0.2) is 33.5 Å². The molecule has 5 nitrogen and oxygen atoms in total. The first-order valence-corrected chi connectivity index (χ1v) is 6.64. The molecule has 5 heteroatoms. The fourth-order valence-corrected chi connectivity index (χ4v) is 2.46. The lowest BCUT2D eigenvalue weighted by Crippen LogP contribution is -2.32. The zero-order valence-corrected chi connectivity index (χ0v) is 11.0. The molecule has 0 radical (unpaired) electrons. The number of nitrogens with zero attached hydrogens (tertiary/aromatic N) is 3. The van der Waals surface area contributed by atoms with Crippen LogP contribution >= 0.6 is 0 Å². The molecule has 1 aromatic carbocycles. The Labute approximate surface area is 112 Å². The van der Waals surface area contributed by atoms with E-state index in [4.69, 9.17) is 4.74 Å². The number of rotatable bonds is 3. The van der Waals surface area contributed by atoms with Crippen LogP contribution < -0.4 is 5.32 Å². The molecule has 3 rings (SSSR count). The number of aromatic nitrogens is 3. The van der Waals surface area contributed by atoms with Crippen molar-refractivity contribution in [2.75, 3.05) is 11.9 Å². The van der Waals surface area contributed by atoms with Gasteiger partial charge in [-0.2, -0.15) is 0 Å². The number of benzene rings is 1. The molecule has 2 atom stereocenters. The van der Waals surface area contributed by atoms with Gasteiger partial charge in [0.1, 0.15) is 12.7 Å². The minimum atomic E-state index is 0.340. The van der Waals surface area contributed by atoms with Gasteiger partial charge in [0.05, 0.1) is 11.8 Å². The lowest BCUT2D eigenvalue weighted by Gasteiger charge is -2.28. The topological polar surface area (TPSA) is 52.0 Å². The maximum Gasteiger partial charge on any atom is 0.123 e. The van der Waals surface area contributed by atoms with Crippen molar-refractivity contribution in [3.8, 4) is 5.69 Å². The predicted molar refractivity (Wildman–Crippen MR) is 73.4 cm³/mol. The molecule has 0 saturated carbocycles. The van der Waals surface area contributed by atoms with Crippen molar-refractivity contribution in [2.45, 2.75) is 31.9 Å². The van der Waals surface area contributed by atoms with E-state index < -0.39 is 0 Å². The summed E-state index contributed by atoms with van der Waals surface area (Å²) in [5.41, 5.74) is 2.19. The van der Waals surface area contributed by atoms with Crippen molar-refractivity contribution in [1.29, 1.82) is 0 Å². The average Bonchev–Trinajstić information content (AvgIpc) is 2.93. The van der Waals surface area contributed by atoms with Gasteiger partial charge in [0, 0.05) is 18.3 Å². The van der Waals surface area contributed by atoms with E-state index in [9.17, 15) is 0 Å². The Balaban J connectivity index is 1.73. The van der Waals surface area contributed by atoms with Crippen molar-refractivity contribution < 1.29 is 4.74 Å². The largest absolute Gasteiger partial charge is 0.382 e. The highest BCUT2D eigenvalue weighted by Crippen LogP contribution is 2.20. The number of hydrogen-bond acceptors (Lipinski definition) is 4. The Hall–Kier alpha value is -1.88. The fraction of sp³-hybridized carbons (Fsp3) is 0.429. The zero-order chi connectivity index (χ0) is 13.1. The average molecular weight is 258 g/mol. The van der Waals surface area contributed by atoms with E-state index in [1.807, 2.05) is 16.7 Å².